The van der Waals surface area contributed by atoms with Gasteiger partial charge in [-0.2, -0.15) is 0 Å². The molecule has 6 nitrogen and oxygen atoms in total. The fraction of sp³-hybridized carbons (Fsp3) is 0.895. The Labute approximate surface area is 151 Å². The van der Waals surface area contributed by atoms with Crippen LogP contribution in [0.2, 0.25) is 0 Å². The van der Waals surface area contributed by atoms with Crippen LogP contribution in [0.4, 0.5) is 4.79 Å². The number of hydrogen-bond donors (Lipinski definition) is 1. The average molecular weight is 351 g/mol. The lowest BCUT2D eigenvalue weighted by Gasteiger charge is -2.42. The number of carbonyl (C=O) groups is 2. The van der Waals surface area contributed by atoms with E-state index in [2.05, 4.69) is 10.2 Å². The highest BCUT2D eigenvalue weighted by Gasteiger charge is 2.32. The zero-order valence-corrected chi connectivity index (χ0v) is 15.5. The van der Waals surface area contributed by atoms with Gasteiger partial charge in [-0.25, -0.2) is 4.79 Å². The summed E-state index contributed by atoms with van der Waals surface area (Å²) in [5, 5.41) is 3.31. The van der Waals surface area contributed by atoms with Crippen LogP contribution in [0, 0.1) is 5.92 Å². The van der Waals surface area contributed by atoms with E-state index in [-0.39, 0.29) is 17.9 Å². The molecule has 2 saturated heterocycles. The molecule has 1 aliphatic carbocycles. The zero-order valence-electron chi connectivity index (χ0n) is 15.5. The second kappa shape index (κ2) is 8.88. The van der Waals surface area contributed by atoms with Crippen molar-refractivity contribution in [1.82, 2.24) is 15.1 Å². The van der Waals surface area contributed by atoms with Crippen molar-refractivity contribution in [3.8, 4) is 0 Å². The molecule has 0 bridgehead atoms. The first kappa shape index (κ1) is 18.5. The molecule has 6 heteroatoms. The second-order valence-corrected chi connectivity index (χ2v) is 7.74. The van der Waals surface area contributed by atoms with E-state index in [1.54, 1.807) is 0 Å². The van der Waals surface area contributed by atoms with E-state index in [4.69, 9.17) is 4.74 Å². The number of hydrogen-bond acceptors (Lipinski definition) is 4. The highest BCUT2D eigenvalue weighted by atomic mass is 16.6. The minimum Gasteiger partial charge on any atom is -0.450 e. The molecule has 0 aromatic carbocycles. The molecule has 2 heterocycles. The third-order valence-corrected chi connectivity index (χ3v) is 6.03. The van der Waals surface area contributed by atoms with Gasteiger partial charge in [-0.1, -0.05) is 12.8 Å². The summed E-state index contributed by atoms with van der Waals surface area (Å²) in [4.78, 5) is 28.6. The lowest BCUT2D eigenvalue weighted by atomic mass is 9.97. The van der Waals surface area contributed by atoms with Gasteiger partial charge >= 0.3 is 6.09 Å². The van der Waals surface area contributed by atoms with Gasteiger partial charge in [-0.15, -0.1) is 0 Å². The molecule has 0 radical (unpaired) electrons. The number of amides is 2. The Bertz CT molecular complexity index is 457. The van der Waals surface area contributed by atoms with Gasteiger partial charge in [0, 0.05) is 37.6 Å². The van der Waals surface area contributed by atoms with Gasteiger partial charge in [0.2, 0.25) is 5.91 Å². The quantitative estimate of drug-likeness (QED) is 0.845. The molecule has 3 aliphatic rings. The lowest BCUT2D eigenvalue weighted by molar-refractivity contribution is -0.126. The van der Waals surface area contributed by atoms with Gasteiger partial charge in [-0.3, -0.25) is 9.69 Å². The van der Waals surface area contributed by atoms with Gasteiger partial charge in [0.05, 0.1) is 6.61 Å². The molecule has 0 aromatic heterocycles. The van der Waals surface area contributed by atoms with Crippen molar-refractivity contribution in [3.05, 3.63) is 0 Å². The van der Waals surface area contributed by atoms with E-state index in [0.29, 0.717) is 18.7 Å². The van der Waals surface area contributed by atoms with E-state index in [1.807, 2.05) is 11.8 Å². The molecule has 1 unspecified atom stereocenters. The SMILES string of the molecule is CCOC(=O)N1CCC(N2CCCC(NC(=O)C3CCCC3)C2)CC1. The molecule has 2 amide bonds. The topological polar surface area (TPSA) is 61.9 Å². The first-order valence-electron chi connectivity index (χ1n) is 10.1. The number of carbonyl (C=O) groups excluding carboxylic acids is 2. The second-order valence-electron chi connectivity index (χ2n) is 7.74. The van der Waals surface area contributed by atoms with Gasteiger partial charge in [-0.05, 0) is 52.0 Å². The Morgan fingerprint density at radius 1 is 1.00 bits per heavy atom. The molecule has 1 saturated carbocycles. The molecule has 1 N–H and O–H groups in total. The third-order valence-electron chi connectivity index (χ3n) is 6.03. The third kappa shape index (κ3) is 4.87. The zero-order chi connectivity index (χ0) is 17.6. The van der Waals surface area contributed by atoms with E-state index < -0.39 is 0 Å². The first-order valence-corrected chi connectivity index (χ1v) is 10.1. The van der Waals surface area contributed by atoms with E-state index >= 15 is 0 Å². The maximum Gasteiger partial charge on any atom is 0.409 e. The summed E-state index contributed by atoms with van der Waals surface area (Å²) in [6.45, 7) is 5.91. The van der Waals surface area contributed by atoms with E-state index in [0.717, 1.165) is 64.7 Å². The molecule has 3 fully saturated rings. The van der Waals surface area contributed by atoms with Crippen LogP contribution in [-0.2, 0) is 9.53 Å². The summed E-state index contributed by atoms with van der Waals surface area (Å²) in [5.41, 5.74) is 0. The van der Waals surface area contributed by atoms with Crippen molar-refractivity contribution >= 4 is 12.0 Å². The molecule has 142 valence electrons. The largest absolute Gasteiger partial charge is 0.450 e. The number of nitrogens with zero attached hydrogens (tertiary/aromatic N) is 2. The first-order chi connectivity index (χ1) is 12.2. The van der Waals surface area contributed by atoms with Crippen molar-refractivity contribution < 1.29 is 14.3 Å². The maximum absolute atomic E-state index is 12.4. The van der Waals surface area contributed by atoms with Crippen LogP contribution >= 0.6 is 0 Å². The standard InChI is InChI=1S/C19H33N3O3/c1-2-25-19(24)21-12-9-17(10-13-21)22-11-5-8-16(14-22)20-18(23)15-6-3-4-7-15/h15-17H,2-14H2,1H3,(H,20,23). The summed E-state index contributed by atoms with van der Waals surface area (Å²) in [5.74, 6) is 0.532. The summed E-state index contributed by atoms with van der Waals surface area (Å²) in [7, 11) is 0. The number of rotatable bonds is 4. The summed E-state index contributed by atoms with van der Waals surface area (Å²) in [6, 6.07) is 0.821. The fourth-order valence-corrected chi connectivity index (χ4v) is 4.59. The van der Waals surface area contributed by atoms with Crippen molar-refractivity contribution in [2.45, 2.75) is 70.4 Å². The molecular weight excluding hydrogens is 318 g/mol. The predicted octanol–water partition coefficient (Wildman–Crippen LogP) is 2.38. The van der Waals surface area contributed by atoms with Crippen molar-refractivity contribution in [2.75, 3.05) is 32.8 Å². The number of ether oxygens (including phenoxy) is 1. The van der Waals surface area contributed by atoms with Crippen LogP contribution in [0.15, 0.2) is 0 Å². The Kier molecular flexibility index (Phi) is 6.57. The van der Waals surface area contributed by atoms with Crippen LogP contribution in [0.1, 0.15) is 58.3 Å². The average Bonchev–Trinajstić information content (AvgIpc) is 3.17. The minimum absolute atomic E-state index is 0.179. The minimum atomic E-state index is -0.179. The fourth-order valence-electron chi connectivity index (χ4n) is 4.59. The van der Waals surface area contributed by atoms with Crippen molar-refractivity contribution in [1.29, 1.82) is 0 Å². The normalized spacial score (nSPS) is 26.6. The summed E-state index contributed by atoms with van der Waals surface area (Å²) in [6.07, 6.45) is 8.60. The lowest BCUT2D eigenvalue weighted by Crippen LogP contribution is -2.54. The summed E-state index contributed by atoms with van der Waals surface area (Å²) < 4.78 is 5.10. The maximum atomic E-state index is 12.4. The van der Waals surface area contributed by atoms with Crippen molar-refractivity contribution in [2.24, 2.45) is 5.92 Å². The molecule has 1 atom stereocenters. The molecule has 0 aromatic rings. The van der Waals surface area contributed by atoms with Crippen LogP contribution in [0.5, 0.6) is 0 Å². The molecule has 0 spiro atoms. The van der Waals surface area contributed by atoms with Gasteiger partial charge in [0.15, 0.2) is 0 Å². The van der Waals surface area contributed by atoms with Crippen LogP contribution in [0.25, 0.3) is 0 Å². The number of nitrogens with one attached hydrogen (secondary N) is 1. The van der Waals surface area contributed by atoms with Crippen LogP contribution in [0.3, 0.4) is 0 Å². The number of piperidine rings is 2. The number of likely N-dealkylation sites (tertiary alicyclic amines) is 2. The molecule has 3 rings (SSSR count). The van der Waals surface area contributed by atoms with Gasteiger partial charge < -0.3 is 15.0 Å². The van der Waals surface area contributed by atoms with Crippen LogP contribution in [-0.4, -0.2) is 66.7 Å². The summed E-state index contributed by atoms with van der Waals surface area (Å²) >= 11 is 0. The Balaban J connectivity index is 1.44. The van der Waals surface area contributed by atoms with E-state index in [9.17, 15) is 9.59 Å². The molecule has 25 heavy (non-hydrogen) atoms. The highest BCUT2D eigenvalue weighted by molar-refractivity contribution is 5.79. The van der Waals surface area contributed by atoms with Crippen molar-refractivity contribution in [3.63, 3.8) is 0 Å². The molecular formula is C19H33N3O3. The Hall–Kier alpha value is -1.30. The predicted molar refractivity (Wildman–Crippen MR) is 96.3 cm³/mol. The van der Waals surface area contributed by atoms with Gasteiger partial charge in [0.25, 0.3) is 0 Å². The Morgan fingerprint density at radius 3 is 2.40 bits per heavy atom. The molecule has 2 aliphatic heterocycles. The van der Waals surface area contributed by atoms with Crippen LogP contribution < -0.4 is 5.32 Å². The smallest absolute Gasteiger partial charge is 0.409 e. The van der Waals surface area contributed by atoms with E-state index in [1.165, 1.54) is 12.8 Å². The Morgan fingerprint density at radius 2 is 1.72 bits per heavy atom. The highest BCUT2D eigenvalue weighted by Crippen LogP contribution is 2.26. The van der Waals surface area contributed by atoms with Gasteiger partial charge in [0.1, 0.15) is 0 Å². The monoisotopic (exact) mass is 351 g/mol.